The van der Waals surface area contributed by atoms with E-state index >= 15 is 0 Å². The number of hydrogen-bond donors (Lipinski definition) is 1. The molecule has 1 aromatic heterocycles. The van der Waals surface area contributed by atoms with Crippen LogP contribution < -0.4 is 14.8 Å². The number of halogens is 1. The molecule has 1 aliphatic rings. The van der Waals surface area contributed by atoms with E-state index in [0.29, 0.717) is 34.7 Å². The maximum absolute atomic E-state index is 12.4. The van der Waals surface area contributed by atoms with E-state index in [1.54, 1.807) is 24.3 Å². The van der Waals surface area contributed by atoms with Gasteiger partial charge in [-0.05, 0) is 54.6 Å². The average molecular weight is 524 g/mol. The van der Waals surface area contributed by atoms with E-state index in [1.807, 2.05) is 48.5 Å². The zero-order valence-corrected chi connectivity index (χ0v) is 19.6. The van der Waals surface area contributed by atoms with Crippen LogP contribution in [0.5, 0.6) is 11.5 Å². The third-order valence-electron chi connectivity index (χ3n) is 4.84. The zero-order chi connectivity index (χ0) is 22.6. The van der Waals surface area contributed by atoms with Crippen LogP contribution in [-0.4, -0.2) is 34.6 Å². The number of anilines is 1. The number of carbonyl (C=O) groups is 1. The molecule has 3 aromatic carbocycles. The van der Waals surface area contributed by atoms with E-state index in [2.05, 4.69) is 31.4 Å². The van der Waals surface area contributed by atoms with Gasteiger partial charge < -0.3 is 19.2 Å². The maximum Gasteiger partial charge on any atom is 0.276 e. The second kappa shape index (κ2) is 9.68. The van der Waals surface area contributed by atoms with Gasteiger partial charge in [0, 0.05) is 27.0 Å². The van der Waals surface area contributed by atoms with Gasteiger partial charge in [-0.15, -0.1) is 10.2 Å². The standard InChI is InChI=1S/C24H18BrN3O4S/c25-17-5-3-4-16(12-17)22(29)26-18-10-8-15(9-11-18)23-27-28-24(32-23)33-14-19-13-30-20-6-1-2-7-21(20)31-19/h1-12,19H,13-14H2,(H,26,29). The molecule has 0 radical (unpaired) electrons. The van der Waals surface area contributed by atoms with Crippen LogP contribution >= 0.6 is 27.7 Å². The molecule has 166 valence electrons. The second-order valence-corrected chi connectivity index (χ2v) is 9.11. The minimum Gasteiger partial charge on any atom is -0.486 e. The number of benzene rings is 3. The smallest absolute Gasteiger partial charge is 0.276 e. The molecule has 1 atom stereocenters. The summed E-state index contributed by atoms with van der Waals surface area (Å²) in [6.07, 6.45) is -0.103. The number of hydrogen-bond acceptors (Lipinski definition) is 7. The summed E-state index contributed by atoms with van der Waals surface area (Å²) < 4.78 is 18.3. The Morgan fingerprint density at radius 2 is 1.85 bits per heavy atom. The largest absolute Gasteiger partial charge is 0.486 e. The Kier molecular flexibility index (Phi) is 6.32. The van der Waals surface area contributed by atoms with Crippen LogP contribution in [-0.2, 0) is 0 Å². The fourth-order valence-corrected chi connectivity index (χ4v) is 4.35. The van der Waals surface area contributed by atoms with Crippen LogP contribution in [0.2, 0.25) is 0 Å². The maximum atomic E-state index is 12.4. The quantitative estimate of drug-likeness (QED) is 0.325. The lowest BCUT2D eigenvalue weighted by atomic mass is 10.2. The van der Waals surface area contributed by atoms with Crippen LogP contribution in [0.4, 0.5) is 5.69 Å². The number of thioether (sulfide) groups is 1. The topological polar surface area (TPSA) is 86.5 Å². The van der Waals surface area contributed by atoms with Crippen molar-refractivity contribution >= 4 is 39.3 Å². The van der Waals surface area contributed by atoms with Crippen molar-refractivity contribution < 1.29 is 18.7 Å². The van der Waals surface area contributed by atoms with Gasteiger partial charge in [0.25, 0.3) is 11.1 Å². The highest BCUT2D eigenvalue weighted by Gasteiger charge is 2.22. The number of carbonyl (C=O) groups excluding carboxylic acids is 1. The van der Waals surface area contributed by atoms with Gasteiger partial charge in [0.1, 0.15) is 12.7 Å². The lowest BCUT2D eigenvalue weighted by Gasteiger charge is -2.25. The molecule has 1 aliphatic heterocycles. The molecule has 0 bridgehead atoms. The first-order valence-corrected chi connectivity index (χ1v) is 11.9. The molecule has 2 heterocycles. The van der Waals surface area contributed by atoms with Crippen molar-refractivity contribution in [1.82, 2.24) is 10.2 Å². The number of fused-ring (bicyclic) bond motifs is 1. The van der Waals surface area contributed by atoms with E-state index in [0.717, 1.165) is 21.5 Å². The van der Waals surface area contributed by atoms with Crippen molar-refractivity contribution in [3.8, 4) is 23.0 Å². The first kappa shape index (κ1) is 21.5. The van der Waals surface area contributed by atoms with Crippen molar-refractivity contribution in [3.63, 3.8) is 0 Å². The molecule has 4 aromatic rings. The molecule has 7 nitrogen and oxygen atoms in total. The molecule has 0 spiro atoms. The third-order valence-corrected chi connectivity index (χ3v) is 6.29. The predicted octanol–water partition coefficient (Wildman–Crippen LogP) is 5.68. The predicted molar refractivity (Wildman–Crippen MR) is 129 cm³/mol. The minimum atomic E-state index is -0.183. The Hall–Kier alpha value is -3.30. The molecule has 1 unspecified atom stereocenters. The molecule has 0 aliphatic carbocycles. The normalized spacial score (nSPS) is 14.6. The average Bonchev–Trinajstić information content (AvgIpc) is 3.32. The van der Waals surface area contributed by atoms with Crippen LogP contribution in [0.3, 0.4) is 0 Å². The van der Waals surface area contributed by atoms with Gasteiger partial charge in [0.15, 0.2) is 11.5 Å². The van der Waals surface area contributed by atoms with Crippen LogP contribution in [0.15, 0.2) is 86.9 Å². The summed E-state index contributed by atoms with van der Waals surface area (Å²) in [7, 11) is 0. The van der Waals surface area contributed by atoms with Crippen LogP contribution in [0.25, 0.3) is 11.5 Å². The first-order valence-electron chi connectivity index (χ1n) is 10.2. The molecule has 33 heavy (non-hydrogen) atoms. The van der Waals surface area contributed by atoms with Crippen LogP contribution in [0.1, 0.15) is 10.4 Å². The molecule has 5 rings (SSSR count). The number of aromatic nitrogens is 2. The number of rotatable bonds is 6. The Labute approximate surface area is 202 Å². The second-order valence-electron chi connectivity index (χ2n) is 7.22. The molecule has 9 heteroatoms. The fraction of sp³-hybridized carbons (Fsp3) is 0.125. The van der Waals surface area contributed by atoms with Crippen molar-refractivity contribution in [2.24, 2.45) is 0 Å². The Morgan fingerprint density at radius 3 is 2.67 bits per heavy atom. The number of nitrogens with zero attached hydrogens (tertiary/aromatic N) is 2. The van der Waals surface area contributed by atoms with Gasteiger partial charge in [-0.25, -0.2) is 0 Å². The van der Waals surface area contributed by atoms with E-state index in [4.69, 9.17) is 13.9 Å². The number of ether oxygens (including phenoxy) is 2. The van der Waals surface area contributed by atoms with Crippen molar-refractivity contribution in [1.29, 1.82) is 0 Å². The number of amides is 1. The lowest BCUT2D eigenvalue weighted by Crippen LogP contribution is -2.31. The summed E-state index contributed by atoms with van der Waals surface area (Å²) in [6.45, 7) is 0.470. The van der Waals surface area contributed by atoms with E-state index in [1.165, 1.54) is 11.8 Å². The van der Waals surface area contributed by atoms with Gasteiger partial charge >= 0.3 is 0 Å². The van der Waals surface area contributed by atoms with Crippen LogP contribution in [0, 0.1) is 0 Å². The molecule has 1 amide bonds. The van der Waals surface area contributed by atoms with Crippen molar-refractivity contribution in [3.05, 3.63) is 82.8 Å². The van der Waals surface area contributed by atoms with E-state index in [9.17, 15) is 4.79 Å². The van der Waals surface area contributed by atoms with Gasteiger partial charge in [-0.3, -0.25) is 4.79 Å². The minimum absolute atomic E-state index is 0.103. The summed E-state index contributed by atoms with van der Waals surface area (Å²) in [4.78, 5) is 12.4. The van der Waals surface area contributed by atoms with E-state index in [-0.39, 0.29) is 12.0 Å². The van der Waals surface area contributed by atoms with Gasteiger partial charge in [-0.1, -0.05) is 45.9 Å². The summed E-state index contributed by atoms with van der Waals surface area (Å²) in [5.41, 5.74) is 2.01. The number of nitrogens with one attached hydrogen (secondary N) is 1. The molecule has 0 saturated heterocycles. The van der Waals surface area contributed by atoms with Gasteiger partial charge in [-0.2, -0.15) is 0 Å². The Bertz CT molecular complexity index is 1280. The summed E-state index contributed by atoms with van der Waals surface area (Å²) >= 11 is 4.80. The van der Waals surface area contributed by atoms with Crippen molar-refractivity contribution in [2.45, 2.75) is 11.3 Å². The van der Waals surface area contributed by atoms with E-state index < -0.39 is 0 Å². The molecule has 0 saturated carbocycles. The summed E-state index contributed by atoms with van der Waals surface area (Å²) in [5, 5.41) is 11.6. The molecular weight excluding hydrogens is 506 g/mol. The SMILES string of the molecule is O=C(Nc1ccc(-c2nnc(SCC3COc4ccccc4O3)o2)cc1)c1cccc(Br)c1. The molecular formula is C24H18BrN3O4S. The Morgan fingerprint density at radius 1 is 1.03 bits per heavy atom. The van der Waals surface area contributed by atoms with Gasteiger partial charge in [0.05, 0.1) is 0 Å². The fourth-order valence-electron chi connectivity index (χ4n) is 3.22. The highest BCUT2D eigenvalue weighted by molar-refractivity contribution is 9.10. The monoisotopic (exact) mass is 523 g/mol. The summed E-state index contributed by atoms with van der Waals surface area (Å²) in [6, 6.07) is 22.1. The number of para-hydroxylation sites is 2. The molecule has 0 fully saturated rings. The molecule has 1 N–H and O–H groups in total. The summed E-state index contributed by atoms with van der Waals surface area (Å²) in [5.74, 6) is 2.35. The van der Waals surface area contributed by atoms with Gasteiger partial charge in [0.2, 0.25) is 5.89 Å². The Balaban J connectivity index is 1.17. The third kappa shape index (κ3) is 5.20. The first-order chi connectivity index (χ1) is 16.1. The lowest BCUT2D eigenvalue weighted by molar-refractivity contribution is 0.102. The zero-order valence-electron chi connectivity index (χ0n) is 17.2. The highest BCUT2D eigenvalue weighted by atomic mass is 79.9. The van der Waals surface area contributed by atoms with Crippen molar-refractivity contribution in [2.75, 3.05) is 17.7 Å². The highest BCUT2D eigenvalue weighted by Crippen LogP contribution is 2.33.